The van der Waals surface area contributed by atoms with Crippen LogP contribution in [0.4, 0.5) is 0 Å². The number of aliphatic hydroxyl groups is 1. The lowest BCUT2D eigenvalue weighted by atomic mass is 9.75. The molecule has 1 N–H and O–H groups in total. The van der Waals surface area contributed by atoms with E-state index < -0.39 is 12.1 Å². The van der Waals surface area contributed by atoms with Gasteiger partial charge in [0.25, 0.3) is 5.91 Å². The van der Waals surface area contributed by atoms with Crippen LogP contribution in [0.15, 0.2) is 72.9 Å². The van der Waals surface area contributed by atoms with E-state index in [4.69, 9.17) is 4.74 Å². The number of carbonyl (C=O) groups excluding carboxylic acids is 1. The monoisotopic (exact) mass is 423 g/mol. The van der Waals surface area contributed by atoms with Gasteiger partial charge in [-0.1, -0.05) is 36.1 Å². The Hall–Kier alpha value is -4.13. The normalized spacial score (nSPS) is 19.2. The number of hydrogen-bond donors (Lipinski definition) is 1. The standard InChI is InChI=1S/C26H21N3O3/c1-32-21-6-4-5-19(15-21)9-8-18-10-12-20(13-11-18)25-23(16-27)29(24(25)17-30)26(31)22-7-2-3-14-28-22/h2-7,10-15,23-25,30H,17H2,1H3/t23-,24-,25+/m0/s1. The largest absolute Gasteiger partial charge is 0.497 e. The maximum atomic E-state index is 12.8. The molecule has 2 heterocycles. The third-order valence-corrected chi connectivity index (χ3v) is 5.57. The molecule has 1 saturated heterocycles. The summed E-state index contributed by atoms with van der Waals surface area (Å²) in [6, 6.07) is 21.2. The van der Waals surface area contributed by atoms with E-state index in [2.05, 4.69) is 22.9 Å². The Morgan fingerprint density at radius 2 is 1.88 bits per heavy atom. The molecule has 0 spiro atoms. The number of rotatable bonds is 4. The third-order valence-electron chi connectivity index (χ3n) is 5.57. The van der Waals surface area contributed by atoms with Crippen molar-refractivity contribution in [2.75, 3.05) is 13.7 Å². The second-order valence-electron chi connectivity index (χ2n) is 7.38. The quantitative estimate of drug-likeness (QED) is 0.652. The van der Waals surface area contributed by atoms with Crippen LogP contribution in [-0.4, -0.2) is 46.7 Å². The summed E-state index contributed by atoms with van der Waals surface area (Å²) in [5.41, 5.74) is 2.81. The van der Waals surface area contributed by atoms with Crippen LogP contribution in [0, 0.1) is 23.2 Å². The van der Waals surface area contributed by atoms with Crippen LogP contribution in [-0.2, 0) is 0 Å². The van der Waals surface area contributed by atoms with Gasteiger partial charge in [0.1, 0.15) is 17.5 Å². The van der Waals surface area contributed by atoms with E-state index in [0.717, 1.165) is 22.4 Å². The Bertz CT molecular complexity index is 1210. The number of ether oxygens (including phenoxy) is 1. The molecule has 6 heteroatoms. The molecule has 0 bridgehead atoms. The van der Waals surface area contributed by atoms with Crippen LogP contribution in [0.1, 0.15) is 33.1 Å². The number of aliphatic hydroxyl groups excluding tert-OH is 1. The molecule has 3 aromatic rings. The molecule has 0 saturated carbocycles. The molecular weight excluding hydrogens is 402 g/mol. The molecule has 32 heavy (non-hydrogen) atoms. The number of pyridine rings is 1. The van der Waals surface area contributed by atoms with Gasteiger partial charge < -0.3 is 14.7 Å². The minimum atomic E-state index is -0.671. The first kappa shape index (κ1) is 21.1. The molecule has 3 atom stereocenters. The van der Waals surface area contributed by atoms with Crippen molar-refractivity contribution >= 4 is 5.91 Å². The number of amides is 1. The van der Waals surface area contributed by atoms with E-state index in [1.165, 1.54) is 11.1 Å². The fourth-order valence-electron chi connectivity index (χ4n) is 3.94. The highest BCUT2D eigenvalue weighted by Crippen LogP contribution is 2.41. The number of methoxy groups -OCH3 is 1. The van der Waals surface area contributed by atoms with Gasteiger partial charge in [0, 0.05) is 23.2 Å². The zero-order valence-corrected chi connectivity index (χ0v) is 17.5. The van der Waals surface area contributed by atoms with E-state index in [0.29, 0.717) is 0 Å². The summed E-state index contributed by atoms with van der Waals surface area (Å²) < 4.78 is 5.22. The van der Waals surface area contributed by atoms with Crippen LogP contribution in [0.5, 0.6) is 5.75 Å². The van der Waals surface area contributed by atoms with Gasteiger partial charge in [0.15, 0.2) is 0 Å². The average Bonchev–Trinajstić information content (AvgIpc) is 2.84. The molecule has 1 aromatic heterocycles. The number of carbonyl (C=O) groups is 1. The summed E-state index contributed by atoms with van der Waals surface area (Å²) in [7, 11) is 1.62. The minimum absolute atomic E-state index is 0.237. The molecular formula is C26H21N3O3. The first-order chi connectivity index (χ1) is 15.7. The highest BCUT2D eigenvalue weighted by Gasteiger charge is 2.52. The molecule has 0 radical (unpaired) electrons. The molecule has 0 aliphatic carbocycles. The van der Waals surface area contributed by atoms with Gasteiger partial charge in [-0.25, -0.2) is 0 Å². The molecule has 0 unspecified atom stereocenters. The predicted molar refractivity (Wildman–Crippen MR) is 119 cm³/mol. The van der Waals surface area contributed by atoms with Crippen molar-refractivity contribution in [3.8, 4) is 23.7 Å². The fraction of sp³-hybridized carbons (Fsp3) is 0.192. The predicted octanol–water partition coefficient (Wildman–Crippen LogP) is 2.98. The van der Waals surface area contributed by atoms with Gasteiger partial charge in [0.2, 0.25) is 0 Å². The highest BCUT2D eigenvalue weighted by molar-refractivity contribution is 5.94. The summed E-state index contributed by atoms with van der Waals surface area (Å²) in [4.78, 5) is 18.3. The zero-order valence-electron chi connectivity index (χ0n) is 17.5. The first-order valence-corrected chi connectivity index (χ1v) is 10.2. The molecule has 6 nitrogen and oxygen atoms in total. The SMILES string of the molecule is COc1cccc(C#Cc2ccc([C@@H]3[C@H](C#N)N(C(=O)c4ccccn4)[C@H]3CO)cc2)c1. The van der Waals surface area contributed by atoms with Crippen molar-refractivity contribution in [3.05, 3.63) is 95.3 Å². The van der Waals surface area contributed by atoms with Gasteiger partial charge in [-0.05, 0) is 48.0 Å². The first-order valence-electron chi connectivity index (χ1n) is 10.2. The smallest absolute Gasteiger partial charge is 0.273 e. The van der Waals surface area contributed by atoms with Crippen LogP contribution >= 0.6 is 0 Å². The molecule has 1 aliphatic rings. The maximum Gasteiger partial charge on any atom is 0.273 e. The minimum Gasteiger partial charge on any atom is -0.497 e. The summed E-state index contributed by atoms with van der Waals surface area (Å²) in [6.07, 6.45) is 1.53. The van der Waals surface area contributed by atoms with Crippen molar-refractivity contribution in [2.45, 2.75) is 18.0 Å². The Kier molecular flexibility index (Phi) is 6.17. The second-order valence-corrected chi connectivity index (χ2v) is 7.38. The maximum absolute atomic E-state index is 12.8. The van der Waals surface area contributed by atoms with Crippen molar-refractivity contribution in [2.24, 2.45) is 0 Å². The van der Waals surface area contributed by atoms with Crippen molar-refractivity contribution in [1.29, 1.82) is 5.26 Å². The van der Waals surface area contributed by atoms with E-state index >= 15 is 0 Å². The fourth-order valence-corrected chi connectivity index (χ4v) is 3.94. The summed E-state index contributed by atoms with van der Waals surface area (Å²) in [5, 5.41) is 19.7. The van der Waals surface area contributed by atoms with E-state index in [-0.39, 0.29) is 24.1 Å². The Labute approximate surface area is 186 Å². The molecule has 4 rings (SSSR count). The molecule has 1 amide bonds. The third kappa shape index (κ3) is 4.05. The molecule has 1 fully saturated rings. The second kappa shape index (κ2) is 9.34. The lowest BCUT2D eigenvalue weighted by molar-refractivity contribution is -0.00629. The van der Waals surface area contributed by atoms with Gasteiger partial charge in [-0.2, -0.15) is 5.26 Å². The lowest BCUT2D eigenvalue weighted by Gasteiger charge is -2.51. The van der Waals surface area contributed by atoms with Crippen LogP contribution < -0.4 is 4.74 Å². The molecule has 2 aromatic carbocycles. The molecule has 1 aliphatic heterocycles. The van der Waals surface area contributed by atoms with Crippen LogP contribution in [0.3, 0.4) is 0 Å². The summed E-state index contributed by atoms with van der Waals surface area (Å²) >= 11 is 0. The lowest BCUT2D eigenvalue weighted by Crippen LogP contribution is -2.65. The summed E-state index contributed by atoms with van der Waals surface area (Å²) in [5.74, 6) is 6.35. The number of hydrogen-bond acceptors (Lipinski definition) is 5. The van der Waals surface area contributed by atoms with Crippen molar-refractivity contribution < 1.29 is 14.6 Å². The van der Waals surface area contributed by atoms with Crippen LogP contribution in [0.2, 0.25) is 0 Å². The van der Waals surface area contributed by atoms with Crippen molar-refractivity contribution in [1.82, 2.24) is 9.88 Å². The van der Waals surface area contributed by atoms with E-state index in [9.17, 15) is 15.2 Å². The zero-order chi connectivity index (χ0) is 22.5. The van der Waals surface area contributed by atoms with Gasteiger partial charge >= 0.3 is 0 Å². The van der Waals surface area contributed by atoms with E-state index in [1.807, 2.05) is 48.5 Å². The Morgan fingerprint density at radius 1 is 1.09 bits per heavy atom. The Morgan fingerprint density at radius 3 is 2.53 bits per heavy atom. The topological polar surface area (TPSA) is 86.5 Å². The van der Waals surface area contributed by atoms with Gasteiger partial charge in [-0.3, -0.25) is 9.78 Å². The number of aromatic nitrogens is 1. The number of benzene rings is 2. The highest BCUT2D eigenvalue weighted by atomic mass is 16.5. The average molecular weight is 423 g/mol. The number of nitriles is 1. The summed E-state index contributed by atoms with van der Waals surface area (Å²) in [6.45, 7) is -0.237. The number of nitrogens with zero attached hydrogens (tertiary/aromatic N) is 3. The number of likely N-dealkylation sites (tertiary alicyclic amines) is 1. The van der Waals surface area contributed by atoms with Gasteiger partial charge in [-0.15, -0.1) is 0 Å². The van der Waals surface area contributed by atoms with Crippen LogP contribution in [0.25, 0.3) is 0 Å². The Balaban J connectivity index is 1.53. The van der Waals surface area contributed by atoms with E-state index in [1.54, 1.807) is 25.3 Å². The van der Waals surface area contributed by atoms with Gasteiger partial charge in [0.05, 0.1) is 25.8 Å². The molecule has 158 valence electrons. The van der Waals surface area contributed by atoms with Crippen molar-refractivity contribution in [3.63, 3.8) is 0 Å².